The van der Waals surface area contributed by atoms with Crippen molar-refractivity contribution in [3.05, 3.63) is 0 Å². The van der Waals surface area contributed by atoms with Gasteiger partial charge in [0.05, 0.1) is 12.0 Å². The van der Waals surface area contributed by atoms with Crippen molar-refractivity contribution in [1.82, 2.24) is 4.90 Å². The SMILES string of the molecule is CCC(=O)[C@@H](C)C(=O)N1C(=O)O[C@H]2CCCC[C@@H]21. The third kappa shape index (κ3) is 2.13. The minimum absolute atomic E-state index is 0.132. The van der Waals surface area contributed by atoms with Crippen LogP contribution in [0.3, 0.4) is 0 Å². The van der Waals surface area contributed by atoms with Gasteiger partial charge in [-0.25, -0.2) is 9.69 Å². The maximum atomic E-state index is 12.2. The molecule has 0 radical (unpaired) electrons. The van der Waals surface area contributed by atoms with Crippen molar-refractivity contribution < 1.29 is 19.1 Å². The number of carbonyl (C=O) groups excluding carboxylic acids is 3. The van der Waals surface area contributed by atoms with Crippen LogP contribution in [-0.2, 0) is 14.3 Å². The zero-order valence-corrected chi connectivity index (χ0v) is 10.8. The van der Waals surface area contributed by atoms with Gasteiger partial charge in [-0.2, -0.15) is 0 Å². The van der Waals surface area contributed by atoms with Gasteiger partial charge in [0.1, 0.15) is 11.9 Å². The lowest BCUT2D eigenvalue weighted by Gasteiger charge is -2.27. The third-order valence-electron chi connectivity index (χ3n) is 3.89. The topological polar surface area (TPSA) is 63.7 Å². The second-order valence-corrected chi connectivity index (χ2v) is 5.02. The molecule has 2 rings (SSSR count). The highest BCUT2D eigenvalue weighted by atomic mass is 16.6. The van der Waals surface area contributed by atoms with E-state index in [4.69, 9.17) is 4.74 Å². The Morgan fingerprint density at radius 1 is 1.39 bits per heavy atom. The molecule has 2 amide bonds. The second-order valence-electron chi connectivity index (χ2n) is 5.02. The molecule has 0 aromatic carbocycles. The Balaban J connectivity index is 2.13. The van der Waals surface area contributed by atoms with E-state index in [9.17, 15) is 14.4 Å². The van der Waals surface area contributed by atoms with Crippen molar-refractivity contribution in [2.75, 3.05) is 0 Å². The molecule has 0 aromatic rings. The number of ketones is 1. The fraction of sp³-hybridized carbons (Fsp3) is 0.769. The second kappa shape index (κ2) is 5.08. The monoisotopic (exact) mass is 253 g/mol. The Bertz CT molecular complexity index is 379. The standard InChI is InChI=1S/C13H19NO4/c1-3-10(15)8(2)12(16)14-9-6-4-5-7-11(9)18-13(14)17/h8-9,11H,3-7H2,1-2H3/t8-,9+,11+/m1/s1. The highest BCUT2D eigenvalue weighted by Crippen LogP contribution is 2.32. The average Bonchev–Trinajstić information content (AvgIpc) is 2.71. The first-order valence-corrected chi connectivity index (χ1v) is 6.62. The van der Waals surface area contributed by atoms with E-state index in [1.807, 2.05) is 0 Å². The average molecular weight is 253 g/mol. The number of rotatable bonds is 3. The number of fused-ring (bicyclic) bond motifs is 1. The molecule has 0 aromatic heterocycles. The molecule has 100 valence electrons. The highest BCUT2D eigenvalue weighted by molar-refractivity contribution is 6.06. The van der Waals surface area contributed by atoms with Crippen LogP contribution in [0.4, 0.5) is 4.79 Å². The fourth-order valence-electron chi connectivity index (χ4n) is 2.74. The van der Waals surface area contributed by atoms with Crippen LogP contribution in [0.1, 0.15) is 46.0 Å². The molecule has 1 aliphatic carbocycles. The van der Waals surface area contributed by atoms with Crippen LogP contribution in [0.2, 0.25) is 0 Å². The van der Waals surface area contributed by atoms with E-state index in [1.54, 1.807) is 13.8 Å². The van der Waals surface area contributed by atoms with Crippen LogP contribution in [0, 0.1) is 5.92 Å². The van der Waals surface area contributed by atoms with Crippen molar-refractivity contribution in [1.29, 1.82) is 0 Å². The summed E-state index contributed by atoms with van der Waals surface area (Å²) in [5.41, 5.74) is 0. The molecular weight excluding hydrogens is 234 g/mol. The summed E-state index contributed by atoms with van der Waals surface area (Å²) in [5, 5.41) is 0. The summed E-state index contributed by atoms with van der Waals surface area (Å²) in [5.74, 6) is -1.28. The maximum Gasteiger partial charge on any atom is 0.417 e. The molecule has 1 aliphatic heterocycles. The van der Waals surface area contributed by atoms with Gasteiger partial charge in [-0.05, 0) is 26.2 Å². The van der Waals surface area contributed by atoms with E-state index in [-0.39, 0.29) is 17.9 Å². The van der Waals surface area contributed by atoms with Crippen LogP contribution in [0.15, 0.2) is 0 Å². The number of ether oxygens (including phenoxy) is 1. The lowest BCUT2D eigenvalue weighted by molar-refractivity contribution is -0.139. The van der Waals surface area contributed by atoms with Gasteiger partial charge >= 0.3 is 6.09 Å². The Morgan fingerprint density at radius 2 is 2.06 bits per heavy atom. The normalized spacial score (nSPS) is 28.6. The lowest BCUT2D eigenvalue weighted by Crippen LogP contribution is -2.46. The van der Waals surface area contributed by atoms with Crippen molar-refractivity contribution >= 4 is 17.8 Å². The zero-order chi connectivity index (χ0) is 13.3. The van der Waals surface area contributed by atoms with Crippen molar-refractivity contribution in [2.45, 2.75) is 58.1 Å². The summed E-state index contributed by atoms with van der Waals surface area (Å²) in [6.07, 6.45) is 3.19. The smallest absolute Gasteiger partial charge is 0.417 e. The number of hydrogen-bond acceptors (Lipinski definition) is 4. The first-order chi connectivity index (χ1) is 8.56. The molecular formula is C13H19NO4. The number of carbonyl (C=O) groups is 3. The summed E-state index contributed by atoms with van der Waals surface area (Å²) < 4.78 is 5.22. The molecule has 0 N–H and O–H groups in total. The number of imide groups is 1. The molecule has 0 bridgehead atoms. The van der Waals surface area contributed by atoms with Gasteiger partial charge in [0.25, 0.3) is 0 Å². The molecule has 1 saturated carbocycles. The van der Waals surface area contributed by atoms with Crippen LogP contribution < -0.4 is 0 Å². The molecule has 0 unspecified atom stereocenters. The first kappa shape index (κ1) is 13.1. The molecule has 2 fully saturated rings. The van der Waals surface area contributed by atoms with Crippen molar-refractivity contribution in [2.24, 2.45) is 5.92 Å². The van der Waals surface area contributed by atoms with Crippen LogP contribution in [0.25, 0.3) is 0 Å². The molecule has 2 aliphatic rings. The first-order valence-electron chi connectivity index (χ1n) is 6.62. The van der Waals surface area contributed by atoms with Gasteiger partial charge in [-0.1, -0.05) is 13.3 Å². The van der Waals surface area contributed by atoms with E-state index < -0.39 is 17.9 Å². The number of hydrogen-bond donors (Lipinski definition) is 0. The van der Waals surface area contributed by atoms with Crippen LogP contribution >= 0.6 is 0 Å². The maximum absolute atomic E-state index is 12.2. The molecule has 3 atom stereocenters. The van der Waals surface area contributed by atoms with Gasteiger partial charge in [0, 0.05) is 6.42 Å². The van der Waals surface area contributed by atoms with E-state index in [0.29, 0.717) is 6.42 Å². The minimum Gasteiger partial charge on any atom is -0.444 e. The van der Waals surface area contributed by atoms with E-state index in [1.165, 1.54) is 4.90 Å². The summed E-state index contributed by atoms with van der Waals surface area (Å²) >= 11 is 0. The van der Waals surface area contributed by atoms with Gasteiger partial charge < -0.3 is 4.74 Å². The molecule has 5 heteroatoms. The van der Waals surface area contributed by atoms with Crippen molar-refractivity contribution in [3.63, 3.8) is 0 Å². The number of amides is 2. The molecule has 5 nitrogen and oxygen atoms in total. The Morgan fingerprint density at radius 3 is 2.72 bits per heavy atom. The largest absolute Gasteiger partial charge is 0.444 e. The predicted octanol–water partition coefficient (Wildman–Crippen LogP) is 1.89. The quantitative estimate of drug-likeness (QED) is 0.720. The van der Waals surface area contributed by atoms with E-state index in [2.05, 4.69) is 0 Å². The third-order valence-corrected chi connectivity index (χ3v) is 3.89. The van der Waals surface area contributed by atoms with Gasteiger partial charge in [0.2, 0.25) is 5.91 Å². The minimum atomic E-state index is -0.747. The Kier molecular flexibility index (Phi) is 3.68. The van der Waals surface area contributed by atoms with Gasteiger partial charge in [-0.3, -0.25) is 9.59 Å². The van der Waals surface area contributed by atoms with Crippen LogP contribution in [0.5, 0.6) is 0 Å². The van der Waals surface area contributed by atoms with E-state index in [0.717, 1.165) is 25.7 Å². The molecule has 1 saturated heterocycles. The lowest BCUT2D eigenvalue weighted by atomic mass is 9.91. The zero-order valence-electron chi connectivity index (χ0n) is 10.8. The van der Waals surface area contributed by atoms with Gasteiger partial charge in [0.15, 0.2) is 0 Å². The molecule has 0 spiro atoms. The van der Waals surface area contributed by atoms with E-state index >= 15 is 0 Å². The summed E-state index contributed by atoms with van der Waals surface area (Å²) in [4.78, 5) is 36.7. The highest BCUT2D eigenvalue weighted by Gasteiger charge is 2.47. The summed E-state index contributed by atoms with van der Waals surface area (Å²) in [6.45, 7) is 3.29. The molecule has 1 heterocycles. The van der Waals surface area contributed by atoms with Crippen molar-refractivity contribution in [3.8, 4) is 0 Å². The fourth-order valence-corrected chi connectivity index (χ4v) is 2.74. The van der Waals surface area contributed by atoms with Crippen LogP contribution in [-0.4, -0.2) is 34.8 Å². The number of Topliss-reactive ketones (excluding diaryl/α,β-unsaturated/α-hetero) is 1. The molecule has 18 heavy (non-hydrogen) atoms. The predicted molar refractivity (Wildman–Crippen MR) is 63.8 cm³/mol. The summed E-state index contributed by atoms with van der Waals surface area (Å²) in [7, 11) is 0. The number of nitrogens with zero attached hydrogens (tertiary/aromatic N) is 1. The Labute approximate surface area is 106 Å². The summed E-state index contributed by atoms with van der Waals surface area (Å²) in [6, 6.07) is -0.161. The van der Waals surface area contributed by atoms with Gasteiger partial charge in [-0.15, -0.1) is 0 Å². The Hall–Kier alpha value is -1.39.